The molecule has 0 aromatic carbocycles. The maximum Gasteiger partial charge on any atom is 0.492 e. The van der Waals surface area contributed by atoms with Crippen molar-refractivity contribution in [3.63, 3.8) is 0 Å². The van der Waals surface area contributed by atoms with Crippen LogP contribution in [0.3, 0.4) is 0 Å². The normalized spacial score (nSPS) is 10.3. The first-order valence-corrected chi connectivity index (χ1v) is 5.55. The molecule has 2 aromatic heterocycles. The second-order valence-corrected chi connectivity index (χ2v) is 4.00. The second kappa shape index (κ2) is 5.06. The molecule has 3 N–H and O–H groups in total. The van der Waals surface area contributed by atoms with E-state index in [4.69, 9.17) is 5.84 Å². The number of nitro groups is 1. The molecule has 94 valence electrons. The number of aromatic nitrogens is 4. The molecule has 0 aliphatic carbocycles. The summed E-state index contributed by atoms with van der Waals surface area (Å²) in [4.78, 5) is 17.5. The van der Waals surface area contributed by atoms with Crippen LogP contribution in [-0.2, 0) is 6.54 Å². The molecule has 18 heavy (non-hydrogen) atoms. The number of halogens is 1. The van der Waals surface area contributed by atoms with Gasteiger partial charge in [-0.3, -0.25) is 0 Å². The van der Waals surface area contributed by atoms with Gasteiger partial charge in [0, 0.05) is 27.2 Å². The molecule has 2 heterocycles. The molecule has 0 bridgehead atoms. The molecular formula is C8H8BrN7O2. The van der Waals surface area contributed by atoms with E-state index in [1.807, 2.05) is 0 Å². The molecule has 0 aliphatic heterocycles. The Morgan fingerprint density at radius 3 is 3.00 bits per heavy atom. The summed E-state index contributed by atoms with van der Waals surface area (Å²) in [6, 6.07) is 3.46. The number of nitrogens with zero attached hydrogens (tertiary/aromatic N) is 5. The lowest BCUT2D eigenvalue weighted by Crippen LogP contribution is -2.09. The maximum absolute atomic E-state index is 10.5. The number of hydrogen-bond acceptors (Lipinski definition) is 7. The Hall–Kier alpha value is -2.07. The van der Waals surface area contributed by atoms with E-state index in [9.17, 15) is 10.1 Å². The lowest BCUT2D eigenvalue weighted by Gasteiger charge is -2.02. The summed E-state index contributed by atoms with van der Waals surface area (Å²) in [5.74, 6) is 5.29. The van der Waals surface area contributed by atoms with Gasteiger partial charge >= 0.3 is 5.95 Å². The Kier molecular flexibility index (Phi) is 3.48. The van der Waals surface area contributed by atoms with Crippen LogP contribution in [-0.4, -0.2) is 24.7 Å². The van der Waals surface area contributed by atoms with Crippen molar-refractivity contribution in [2.24, 2.45) is 5.84 Å². The standard InChI is InChI=1S/C8H8BrN7O2/c9-7-12-8(16(17)18)14-15(7)4-5-1-2-11-6(3-5)13-10/h1-3H,4,10H2,(H,11,13). The predicted molar refractivity (Wildman–Crippen MR) is 65.5 cm³/mol. The molecule has 0 fully saturated rings. The Balaban J connectivity index is 2.25. The van der Waals surface area contributed by atoms with E-state index >= 15 is 0 Å². The van der Waals surface area contributed by atoms with Gasteiger partial charge in [-0.1, -0.05) is 0 Å². The highest BCUT2D eigenvalue weighted by atomic mass is 79.9. The summed E-state index contributed by atoms with van der Waals surface area (Å²) in [5, 5.41) is 14.3. The third-order valence-corrected chi connectivity index (χ3v) is 2.67. The minimum absolute atomic E-state index is 0.285. The minimum atomic E-state index is -0.652. The number of hydrogen-bond donors (Lipinski definition) is 2. The summed E-state index contributed by atoms with van der Waals surface area (Å²) in [5.41, 5.74) is 3.25. The first-order chi connectivity index (χ1) is 8.60. The molecule has 10 heteroatoms. The van der Waals surface area contributed by atoms with E-state index in [-0.39, 0.29) is 4.73 Å². The van der Waals surface area contributed by atoms with Gasteiger partial charge in [0.1, 0.15) is 5.82 Å². The average Bonchev–Trinajstić information content (AvgIpc) is 2.71. The Morgan fingerprint density at radius 2 is 2.39 bits per heavy atom. The van der Waals surface area contributed by atoms with Crippen LogP contribution in [0.5, 0.6) is 0 Å². The largest absolute Gasteiger partial charge is 0.492 e. The number of anilines is 1. The smallest absolute Gasteiger partial charge is 0.390 e. The first kappa shape index (κ1) is 12.4. The number of hydrazine groups is 1. The monoisotopic (exact) mass is 313 g/mol. The maximum atomic E-state index is 10.5. The Morgan fingerprint density at radius 1 is 1.61 bits per heavy atom. The van der Waals surface area contributed by atoms with Crippen LogP contribution in [0.25, 0.3) is 0 Å². The van der Waals surface area contributed by atoms with E-state index < -0.39 is 10.9 Å². The van der Waals surface area contributed by atoms with Crippen molar-refractivity contribution >= 4 is 27.7 Å². The SMILES string of the molecule is NNc1cc(Cn2nc([N+](=O)[O-])nc2Br)ccn1. The zero-order valence-corrected chi connectivity index (χ0v) is 10.5. The fourth-order valence-electron chi connectivity index (χ4n) is 1.31. The second-order valence-electron chi connectivity index (χ2n) is 3.29. The molecule has 0 saturated heterocycles. The highest BCUT2D eigenvalue weighted by Gasteiger charge is 2.19. The van der Waals surface area contributed by atoms with Crippen LogP contribution < -0.4 is 11.3 Å². The summed E-state index contributed by atoms with van der Waals surface area (Å²) < 4.78 is 1.65. The Labute approximate surface area is 109 Å². The fourth-order valence-corrected chi connectivity index (χ4v) is 1.68. The van der Waals surface area contributed by atoms with Gasteiger partial charge in [-0.25, -0.2) is 10.8 Å². The number of nitrogens with one attached hydrogen (secondary N) is 1. The van der Waals surface area contributed by atoms with Crippen molar-refractivity contribution in [3.05, 3.63) is 38.7 Å². The zero-order valence-electron chi connectivity index (χ0n) is 8.95. The lowest BCUT2D eigenvalue weighted by molar-refractivity contribution is -0.394. The first-order valence-electron chi connectivity index (χ1n) is 4.76. The van der Waals surface area contributed by atoms with Gasteiger partial charge in [0.15, 0.2) is 0 Å². The van der Waals surface area contributed by atoms with E-state index in [2.05, 4.69) is 36.4 Å². The average molecular weight is 314 g/mol. The van der Waals surface area contributed by atoms with Crippen molar-refractivity contribution in [1.82, 2.24) is 19.7 Å². The molecular weight excluding hydrogens is 306 g/mol. The molecule has 0 atom stereocenters. The highest BCUT2D eigenvalue weighted by Crippen LogP contribution is 2.15. The molecule has 0 saturated carbocycles. The van der Waals surface area contributed by atoms with Gasteiger partial charge in [-0.2, -0.15) is 4.68 Å². The van der Waals surface area contributed by atoms with Gasteiger partial charge in [0.25, 0.3) is 4.73 Å². The molecule has 0 spiro atoms. The van der Waals surface area contributed by atoms with Crippen molar-refractivity contribution < 1.29 is 4.92 Å². The lowest BCUT2D eigenvalue weighted by atomic mass is 10.2. The number of nitrogen functional groups attached to an aromatic ring is 1. The Bertz CT molecular complexity index is 585. The van der Waals surface area contributed by atoms with Crippen molar-refractivity contribution in [1.29, 1.82) is 0 Å². The third kappa shape index (κ3) is 2.60. The topological polar surface area (TPSA) is 125 Å². The summed E-state index contributed by atoms with van der Waals surface area (Å²) in [7, 11) is 0. The van der Waals surface area contributed by atoms with Gasteiger partial charge < -0.3 is 15.5 Å². The van der Waals surface area contributed by atoms with Crippen LogP contribution in [0.15, 0.2) is 23.1 Å². The van der Waals surface area contributed by atoms with Gasteiger partial charge in [0.2, 0.25) is 0 Å². The number of rotatable bonds is 4. The van der Waals surface area contributed by atoms with Crippen molar-refractivity contribution in [2.45, 2.75) is 6.54 Å². The van der Waals surface area contributed by atoms with Crippen LogP contribution in [0.1, 0.15) is 5.56 Å². The molecule has 0 unspecified atom stereocenters. The highest BCUT2D eigenvalue weighted by molar-refractivity contribution is 9.10. The molecule has 2 rings (SSSR count). The number of pyridine rings is 1. The van der Waals surface area contributed by atoms with Crippen LogP contribution in [0.2, 0.25) is 0 Å². The van der Waals surface area contributed by atoms with Crippen LogP contribution in [0, 0.1) is 10.1 Å². The van der Waals surface area contributed by atoms with Crippen LogP contribution in [0.4, 0.5) is 11.8 Å². The predicted octanol–water partition coefficient (Wildman–Crippen LogP) is 0.678. The molecule has 0 radical (unpaired) electrons. The van der Waals surface area contributed by atoms with Crippen LogP contribution >= 0.6 is 15.9 Å². The quantitative estimate of drug-likeness (QED) is 0.483. The van der Waals surface area contributed by atoms with E-state index in [0.717, 1.165) is 5.56 Å². The third-order valence-electron chi connectivity index (χ3n) is 2.08. The van der Waals surface area contributed by atoms with E-state index in [1.54, 1.807) is 18.3 Å². The molecule has 0 amide bonds. The minimum Gasteiger partial charge on any atom is -0.390 e. The van der Waals surface area contributed by atoms with Crippen molar-refractivity contribution in [3.8, 4) is 0 Å². The van der Waals surface area contributed by atoms with Crippen molar-refractivity contribution in [2.75, 3.05) is 5.43 Å². The zero-order chi connectivity index (χ0) is 13.1. The summed E-state index contributed by atoms with van der Waals surface area (Å²) >= 11 is 3.11. The van der Waals surface area contributed by atoms with E-state index in [1.165, 1.54) is 4.68 Å². The van der Waals surface area contributed by atoms with Gasteiger partial charge in [-0.15, -0.1) is 0 Å². The van der Waals surface area contributed by atoms with Gasteiger partial charge in [-0.05, 0) is 27.6 Å². The summed E-state index contributed by atoms with van der Waals surface area (Å²) in [6.45, 7) is 0.318. The summed E-state index contributed by atoms with van der Waals surface area (Å²) in [6.07, 6.45) is 1.57. The molecule has 9 nitrogen and oxygen atoms in total. The molecule has 2 aromatic rings. The van der Waals surface area contributed by atoms with E-state index in [0.29, 0.717) is 12.4 Å². The number of nitrogens with two attached hydrogens (primary N) is 1. The fraction of sp³-hybridized carbons (Fsp3) is 0.125. The molecule has 0 aliphatic rings. The van der Waals surface area contributed by atoms with Gasteiger partial charge in [0.05, 0.1) is 6.54 Å².